The van der Waals surface area contributed by atoms with Crippen LogP contribution in [0.3, 0.4) is 0 Å². The third-order valence-electron chi connectivity index (χ3n) is 2.72. The average molecular weight is 324 g/mol. The minimum atomic E-state index is -0.624. The summed E-state index contributed by atoms with van der Waals surface area (Å²) in [6, 6.07) is 8.87. The van der Waals surface area contributed by atoms with Gasteiger partial charge >= 0.3 is 0 Å². The molecule has 0 saturated heterocycles. The number of rotatable bonds is 5. The molecule has 4 nitrogen and oxygen atoms in total. The summed E-state index contributed by atoms with van der Waals surface area (Å²) in [7, 11) is 0. The third kappa shape index (κ3) is 3.94. The number of hydrogen-bond acceptors (Lipinski definition) is 3. The number of nitrogens with one attached hydrogen (secondary N) is 1. The van der Waals surface area contributed by atoms with Gasteiger partial charge in [0.2, 0.25) is 0 Å². The monoisotopic (exact) mass is 323 g/mol. The maximum atomic E-state index is 11.8. The van der Waals surface area contributed by atoms with Crippen LogP contribution in [-0.4, -0.2) is 17.6 Å². The Kier molecular flexibility index (Phi) is 4.76. The Balaban J connectivity index is 1.81. The molecule has 5 heteroatoms. The molecule has 1 aromatic carbocycles. The van der Waals surface area contributed by atoms with E-state index in [1.165, 1.54) is 12.5 Å². The molecule has 2 rings (SSSR count). The molecule has 1 amide bonds. The van der Waals surface area contributed by atoms with E-state index >= 15 is 0 Å². The molecule has 0 spiro atoms. The highest BCUT2D eigenvalue weighted by Gasteiger charge is 2.10. The molecule has 0 saturated carbocycles. The predicted molar refractivity (Wildman–Crippen MR) is 74.8 cm³/mol. The van der Waals surface area contributed by atoms with E-state index in [1.54, 1.807) is 24.3 Å². The van der Waals surface area contributed by atoms with Gasteiger partial charge in [0, 0.05) is 22.1 Å². The molecule has 1 aromatic heterocycles. The fourth-order valence-corrected chi connectivity index (χ4v) is 2.08. The minimum absolute atomic E-state index is 0.152. The maximum Gasteiger partial charge on any atom is 0.251 e. The molecule has 1 atom stereocenters. The fraction of sp³-hybridized carbons (Fsp3) is 0.214. The van der Waals surface area contributed by atoms with Crippen LogP contribution >= 0.6 is 15.9 Å². The molecule has 2 aromatic rings. The third-order valence-corrected chi connectivity index (χ3v) is 3.21. The molecule has 19 heavy (non-hydrogen) atoms. The van der Waals surface area contributed by atoms with Crippen LogP contribution in [0.2, 0.25) is 0 Å². The minimum Gasteiger partial charge on any atom is -0.472 e. The second-order valence-electron chi connectivity index (χ2n) is 4.13. The summed E-state index contributed by atoms with van der Waals surface area (Å²) in [5, 5.41) is 12.6. The summed E-state index contributed by atoms with van der Waals surface area (Å²) in [6.45, 7) is 0.400. The highest BCUT2D eigenvalue weighted by Crippen LogP contribution is 2.16. The van der Waals surface area contributed by atoms with Crippen LogP contribution in [0.1, 0.15) is 28.4 Å². The van der Waals surface area contributed by atoms with Crippen LogP contribution in [0, 0.1) is 0 Å². The van der Waals surface area contributed by atoms with Gasteiger partial charge in [0.1, 0.15) is 0 Å². The average Bonchev–Trinajstić information content (AvgIpc) is 2.92. The maximum absolute atomic E-state index is 11.8. The summed E-state index contributed by atoms with van der Waals surface area (Å²) in [5.41, 5.74) is 1.31. The number of furan rings is 1. The molecule has 100 valence electrons. The number of halogens is 1. The second kappa shape index (κ2) is 6.54. The molecular weight excluding hydrogens is 310 g/mol. The summed E-state index contributed by atoms with van der Waals surface area (Å²) in [6.07, 6.45) is 2.83. The normalized spacial score (nSPS) is 12.1. The Bertz CT molecular complexity index is 539. The van der Waals surface area contributed by atoms with E-state index in [0.29, 0.717) is 18.5 Å². The van der Waals surface area contributed by atoms with Gasteiger partial charge in [-0.2, -0.15) is 0 Å². The number of carbonyl (C=O) groups is 1. The Morgan fingerprint density at radius 3 is 2.95 bits per heavy atom. The SMILES string of the molecule is O=C(NCC[C@H](O)c1ccoc1)c1cccc(Br)c1. The van der Waals surface area contributed by atoms with E-state index in [9.17, 15) is 9.90 Å². The van der Waals surface area contributed by atoms with Crippen molar-refractivity contribution in [2.75, 3.05) is 6.54 Å². The molecule has 0 aliphatic heterocycles. The summed E-state index contributed by atoms with van der Waals surface area (Å²) in [5.74, 6) is -0.152. The van der Waals surface area contributed by atoms with Crippen molar-refractivity contribution < 1.29 is 14.3 Å². The Morgan fingerprint density at radius 1 is 1.42 bits per heavy atom. The number of benzene rings is 1. The van der Waals surface area contributed by atoms with Crippen LogP contribution in [0.25, 0.3) is 0 Å². The number of carbonyl (C=O) groups excluding carboxylic acids is 1. The van der Waals surface area contributed by atoms with E-state index in [1.807, 2.05) is 6.07 Å². The van der Waals surface area contributed by atoms with Gasteiger partial charge in [-0.3, -0.25) is 4.79 Å². The van der Waals surface area contributed by atoms with Gasteiger partial charge in [-0.1, -0.05) is 22.0 Å². The van der Waals surface area contributed by atoms with Gasteiger partial charge in [0.25, 0.3) is 5.91 Å². The lowest BCUT2D eigenvalue weighted by molar-refractivity contribution is 0.0942. The standard InChI is InChI=1S/C14H14BrNO3/c15-12-3-1-2-10(8-12)14(18)16-6-4-13(17)11-5-7-19-9-11/h1-3,5,7-9,13,17H,4,6H2,(H,16,18)/t13-/m0/s1. The van der Waals surface area contributed by atoms with Gasteiger partial charge in [0.05, 0.1) is 18.6 Å². The predicted octanol–water partition coefficient (Wildman–Crippen LogP) is 2.90. The van der Waals surface area contributed by atoms with Crippen molar-refractivity contribution in [3.8, 4) is 0 Å². The molecule has 0 fully saturated rings. The van der Waals surface area contributed by atoms with Gasteiger partial charge in [0.15, 0.2) is 0 Å². The topological polar surface area (TPSA) is 62.5 Å². The number of aliphatic hydroxyl groups excluding tert-OH is 1. The van der Waals surface area contributed by atoms with Gasteiger partial charge in [-0.15, -0.1) is 0 Å². The highest BCUT2D eigenvalue weighted by atomic mass is 79.9. The fourth-order valence-electron chi connectivity index (χ4n) is 1.69. The number of aliphatic hydroxyl groups is 1. The van der Waals surface area contributed by atoms with Gasteiger partial charge in [-0.05, 0) is 30.7 Å². The lowest BCUT2D eigenvalue weighted by atomic mass is 10.1. The van der Waals surface area contributed by atoms with Gasteiger partial charge < -0.3 is 14.8 Å². The van der Waals surface area contributed by atoms with Crippen molar-refractivity contribution in [3.05, 3.63) is 58.5 Å². The Morgan fingerprint density at radius 2 is 2.26 bits per heavy atom. The summed E-state index contributed by atoms with van der Waals surface area (Å²) in [4.78, 5) is 11.8. The van der Waals surface area contributed by atoms with E-state index in [-0.39, 0.29) is 5.91 Å². The van der Waals surface area contributed by atoms with Crippen LogP contribution in [0.5, 0.6) is 0 Å². The van der Waals surface area contributed by atoms with Gasteiger partial charge in [-0.25, -0.2) is 0 Å². The summed E-state index contributed by atoms with van der Waals surface area (Å²) < 4.78 is 5.75. The van der Waals surface area contributed by atoms with Crippen LogP contribution < -0.4 is 5.32 Å². The zero-order chi connectivity index (χ0) is 13.7. The van der Waals surface area contributed by atoms with Crippen molar-refractivity contribution in [2.24, 2.45) is 0 Å². The molecule has 1 heterocycles. The summed E-state index contributed by atoms with van der Waals surface area (Å²) >= 11 is 3.32. The Hall–Kier alpha value is -1.59. The van der Waals surface area contributed by atoms with E-state index in [0.717, 1.165) is 10.0 Å². The Labute approximate surface area is 119 Å². The lowest BCUT2D eigenvalue weighted by Gasteiger charge is -2.09. The van der Waals surface area contributed by atoms with Crippen LogP contribution in [0.15, 0.2) is 51.7 Å². The molecular formula is C14H14BrNO3. The first-order valence-corrected chi connectivity index (χ1v) is 6.70. The van der Waals surface area contributed by atoms with Crippen LogP contribution in [0.4, 0.5) is 0 Å². The van der Waals surface area contributed by atoms with Crippen molar-refractivity contribution >= 4 is 21.8 Å². The first kappa shape index (κ1) is 13.8. The largest absolute Gasteiger partial charge is 0.472 e. The van der Waals surface area contributed by atoms with Crippen molar-refractivity contribution in [2.45, 2.75) is 12.5 Å². The number of hydrogen-bond donors (Lipinski definition) is 2. The lowest BCUT2D eigenvalue weighted by Crippen LogP contribution is -2.25. The molecule has 0 unspecified atom stereocenters. The van der Waals surface area contributed by atoms with Crippen molar-refractivity contribution in [1.29, 1.82) is 0 Å². The number of amides is 1. The zero-order valence-electron chi connectivity index (χ0n) is 10.2. The van der Waals surface area contributed by atoms with Crippen molar-refractivity contribution in [1.82, 2.24) is 5.32 Å². The second-order valence-corrected chi connectivity index (χ2v) is 5.04. The first-order valence-electron chi connectivity index (χ1n) is 5.91. The van der Waals surface area contributed by atoms with E-state index in [4.69, 9.17) is 4.42 Å². The molecule has 0 radical (unpaired) electrons. The molecule has 0 aliphatic rings. The van der Waals surface area contributed by atoms with E-state index in [2.05, 4.69) is 21.2 Å². The first-order chi connectivity index (χ1) is 9.16. The smallest absolute Gasteiger partial charge is 0.251 e. The molecule has 0 bridgehead atoms. The van der Waals surface area contributed by atoms with Crippen LogP contribution in [-0.2, 0) is 0 Å². The molecule has 2 N–H and O–H groups in total. The van der Waals surface area contributed by atoms with E-state index < -0.39 is 6.10 Å². The quantitative estimate of drug-likeness (QED) is 0.889. The highest BCUT2D eigenvalue weighted by molar-refractivity contribution is 9.10. The molecule has 0 aliphatic carbocycles. The zero-order valence-corrected chi connectivity index (χ0v) is 11.8. The van der Waals surface area contributed by atoms with Crippen molar-refractivity contribution in [3.63, 3.8) is 0 Å².